The number of fused-ring (bicyclic) bond motifs is 1. The molecule has 4 unspecified atom stereocenters. The average molecular weight is 250 g/mol. The second-order valence-electron chi connectivity index (χ2n) is 7.10. The molecule has 3 rings (SSSR count). The van der Waals surface area contributed by atoms with E-state index in [1.165, 1.54) is 64.6 Å². The zero-order chi connectivity index (χ0) is 12.5. The molecule has 0 aromatic rings. The molecule has 4 atom stereocenters. The second-order valence-corrected chi connectivity index (χ2v) is 7.10. The molecule has 0 spiro atoms. The van der Waals surface area contributed by atoms with Gasteiger partial charge in [0, 0.05) is 31.2 Å². The number of hydrogen-bond donors (Lipinski definition) is 0. The van der Waals surface area contributed by atoms with Gasteiger partial charge in [-0.15, -0.1) is 0 Å². The number of nitrogens with zero attached hydrogens (tertiary/aromatic N) is 2. The Morgan fingerprint density at radius 2 is 1.61 bits per heavy atom. The van der Waals surface area contributed by atoms with E-state index >= 15 is 0 Å². The SMILES string of the molecule is CC1CCCC(N2CC3CCCN3CC2C)CC1. The maximum Gasteiger partial charge on any atom is 0.0224 e. The molecule has 0 aromatic carbocycles. The lowest BCUT2D eigenvalue weighted by Gasteiger charge is -2.46. The average Bonchev–Trinajstić information content (AvgIpc) is 2.69. The van der Waals surface area contributed by atoms with Gasteiger partial charge in [0.25, 0.3) is 0 Å². The molecule has 2 heteroatoms. The Labute approximate surface area is 113 Å². The summed E-state index contributed by atoms with van der Waals surface area (Å²) in [4.78, 5) is 5.63. The Hall–Kier alpha value is -0.0800. The normalized spacial score (nSPS) is 43.7. The van der Waals surface area contributed by atoms with E-state index in [2.05, 4.69) is 23.6 Å². The van der Waals surface area contributed by atoms with E-state index < -0.39 is 0 Å². The van der Waals surface area contributed by atoms with Gasteiger partial charge in [-0.25, -0.2) is 0 Å². The Bertz CT molecular complexity index is 278. The van der Waals surface area contributed by atoms with E-state index in [4.69, 9.17) is 0 Å². The van der Waals surface area contributed by atoms with Crippen LogP contribution in [0, 0.1) is 5.92 Å². The predicted molar refractivity (Wildman–Crippen MR) is 76.8 cm³/mol. The molecule has 104 valence electrons. The highest BCUT2D eigenvalue weighted by atomic mass is 15.3. The number of hydrogen-bond acceptors (Lipinski definition) is 2. The largest absolute Gasteiger partial charge is 0.298 e. The quantitative estimate of drug-likeness (QED) is 0.660. The monoisotopic (exact) mass is 250 g/mol. The lowest BCUT2D eigenvalue weighted by atomic mass is 9.99. The van der Waals surface area contributed by atoms with Gasteiger partial charge in [0.1, 0.15) is 0 Å². The van der Waals surface area contributed by atoms with Crippen LogP contribution in [0.5, 0.6) is 0 Å². The third-order valence-corrected chi connectivity index (χ3v) is 5.68. The van der Waals surface area contributed by atoms with E-state index in [-0.39, 0.29) is 0 Å². The molecular weight excluding hydrogens is 220 g/mol. The van der Waals surface area contributed by atoms with Crippen LogP contribution in [0.25, 0.3) is 0 Å². The summed E-state index contributed by atoms with van der Waals surface area (Å²) in [6, 6.07) is 2.58. The molecular formula is C16H30N2. The lowest BCUT2D eigenvalue weighted by Crippen LogP contribution is -2.57. The highest BCUT2D eigenvalue weighted by Crippen LogP contribution is 2.31. The zero-order valence-electron chi connectivity index (χ0n) is 12.3. The maximum atomic E-state index is 2.88. The molecule has 2 heterocycles. The fourth-order valence-corrected chi connectivity index (χ4v) is 4.52. The minimum atomic E-state index is 0.790. The first-order valence-electron chi connectivity index (χ1n) is 8.24. The predicted octanol–water partition coefficient (Wildman–Crippen LogP) is 3.12. The maximum absolute atomic E-state index is 2.88. The molecule has 18 heavy (non-hydrogen) atoms. The highest BCUT2D eigenvalue weighted by Gasteiger charge is 2.37. The highest BCUT2D eigenvalue weighted by molar-refractivity contribution is 4.93. The molecule has 0 N–H and O–H groups in total. The van der Waals surface area contributed by atoms with Gasteiger partial charge in [0.05, 0.1) is 0 Å². The molecule has 1 aliphatic carbocycles. The van der Waals surface area contributed by atoms with Crippen LogP contribution < -0.4 is 0 Å². The van der Waals surface area contributed by atoms with Crippen molar-refractivity contribution >= 4 is 0 Å². The van der Waals surface area contributed by atoms with Gasteiger partial charge in [-0.2, -0.15) is 0 Å². The van der Waals surface area contributed by atoms with E-state index in [0.29, 0.717) is 0 Å². The first-order chi connectivity index (χ1) is 8.74. The number of piperazine rings is 1. The Morgan fingerprint density at radius 1 is 0.778 bits per heavy atom. The van der Waals surface area contributed by atoms with Crippen LogP contribution >= 0.6 is 0 Å². The van der Waals surface area contributed by atoms with Crippen LogP contribution in [0.1, 0.15) is 58.8 Å². The third kappa shape index (κ3) is 2.60. The van der Waals surface area contributed by atoms with Crippen LogP contribution in [-0.4, -0.2) is 47.6 Å². The first-order valence-corrected chi connectivity index (χ1v) is 8.24. The topological polar surface area (TPSA) is 6.48 Å². The molecule has 2 aliphatic heterocycles. The van der Waals surface area contributed by atoms with Gasteiger partial charge in [-0.05, 0) is 51.5 Å². The molecule has 2 nitrogen and oxygen atoms in total. The summed E-state index contributed by atoms with van der Waals surface area (Å²) < 4.78 is 0. The second kappa shape index (κ2) is 5.50. The van der Waals surface area contributed by atoms with Crippen molar-refractivity contribution in [3.05, 3.63) is 0 Å². The van der Waals surface area contributed by atoms with Gasteiger partial charge >= 0.3 is 0 Å². The van der Waals surface area contributed by atoms with Crippen molar-refractivity contribution in [1.82, 2.24) is 9.80 Å². The third-order valence-electron chi connectivity index (χ3n) is 5.68. The molecule has 0 bridgehead atoms. The van der Waals surface area contributed by atoms with Gasteiger partial charge in [-0.3, -0.25) is 9.80 Å². The van der Waals surface area contributed by atoms with E-state index in [0.717, 1.165) is 24.0 Å². The summed E-state index contributed by atoms with van der Waals surface area (Å²) in [5.74, 6) is 0.970. The van der Waals surface area contributed by atoms with Crippen LogP contribution in [0.2, 0.25) is 0 Å². The Balaban J connectivity index is 1.63. The van der Waals surface area contributed by atoms with Crippen molar-refractivity contribution in [1.29, 1.82) is 0 Å². The fraction of sp³-hybridized carbons (Fsp3) is 1.00. The van der Waals surface area contributed by atoms with E-state index in [1.807, 2.05) is 0 Å². The van der Waals surface area contributed by atoms with Crippen LogP contribution in [-0.2, 0) is 0 Å². The first kappa shape index (κ1) is 12.9. The number of rotatable bonds is 1. The van der Waals surface area contributed by atoms with Gasteiger partial charge in [0.2, 0.25) is 0 Å². The Morgan fingerprint density at radius 3 is 2.50 bits per heavy atom. The summed E-state index contributed by atoms with van der Waals surface area (Å²) in [6.07, 6.45) is 10.2. The van der Waals surface area contributed by atoms with E-state index in [1.54, 1.807) is 0 Å². The molecule has 0 amide bonds. The molecule has 3 aliphatic rings. The van der Waals surface area contributed by atoms with Crippen molar-refractivity contribution in [2.75, 3.05) is 19.6 Å². The van der Waals surface area contributed by atoms with Crippen molar-refractivity contribution in [3.63, 3.8) is 0 Å². The Kier molecular flexibility index (Phi) is 3.95. The summed E-state index contributed by atoms with van der Waals surface area (Å²) >= 11 is 0. The summed E-state index contributed by atoms with van der Waals surface area (Å²) in [5, 5.41) is 0. The van der Waals surface area contributed by atoms with Crippen molar-refractivity contribution in [2.45, 2.75) is 76.9 Å². The minimum Gasteiger partial charge on any atom is -0.298 e. The lowest BCUT2D eigenvalue weighted by molar-refractivity contribution is 0.0228. The summed E-state index contributed by atoms with van der Waals surface area (Å²) in [6.45, 7) is 8.96. The molecule has 2 saturated heterocycles. The molecule has 0 radical (unpaired) electrons. The van der Waals surface area contributed by atoms with Crippen molar-refractivity contribution < 1.29 is 0 Å². The van der Waals surface area contributed by atoms with Crippen LogP contribution in [0.3, 0.4) is 0 Å². The fourth-order valence-electron chi connectivity index (χ4n) is 4.52. The molecule has 3 fully saturated rings. The van der Waals surface area contributed by atoms with Gasteiger partial charge in [-0.1, -0.05) is 19.8 Å². The summed E-state index contributed by atoms with van der Waals surface area (Å²) in [7, 11) is 0. The van der Waals surface area contributed by atoms with Gasteiger partial charge in [0.15, 0.2) is 0 Å². The molecule has 1 saturated carbocycles. The standard InChI is InChI=1S/C16H30N2/c1-13-5-3-6-15(9-8-13)18-12-16-7-4-10-17(16)11-14(18)2/h13-16H,3-12H2,1-2H3. The minimum absolute atomic E-state index is 0.790. The van der Waals surface area contributed by atoms with Crippen LogP contribution in [0.15, 0.2) is 0 Å². The zero-order valence-corrected chi connectivity index (χ0v) is 12.3. The van der Waals surface area contributed by atoms with Gasteiger partial charge < -0.3 is 0 Å². The van der Waals surface area contributed by atoms with E-state index in [9.17, 15) is 0 Å². The molecule has 0 aromatic heterocycles. The van der Waals surface area contributed by atoms with Crippen LogP contribution in [0.4, 0.5) is 0 Å². The summed E-state index contributed by atoms with van der Waals surface area (Å²) in [5.41, 5.74) is 0. The van der Waals surface area contributed by atoms with Crippen molar-refractivity contribution in [3.8, 4) is 0 Å². The van der Waals surface area contributed by atoms with Crippen molar-refractivity contribution in [2.24, 2.45) is 5.92 Å². The smallest absolute Gasteiger partial charge is 0.0224 e.